The fourth-order valence-electron chi connectivity index (χ4n) is 3.89. The molecule has 34 heavy (non-hydrogen) atoms. The van der Waals surface area contributed by atoms with Crippen molar-refractivity contribution in [3.05, 3.63) is 63.9 Å². The molecule has 0 saturated heterocycles. The fourth-order valence-corrected chi connectivity index (χ4v) is 3.89. The molecule has 1 aromatic heterocycles. The maximum atomic E-state index is 14.2. The van der Waals surface area contributed by atoms with E-state index in [-0.39, 0.29) is 29.8 Å². The van der Waals surface area contributed by atoms with E-state index in [1.807, 2.05) is 0 Å². The molecule has 0 radical (unpaired) electrons. The van der Waals surface area contributed by atoms with Gasteiger partial charge in [0.2, 0.25) is 0 Å². The number of amides is 1. The summed E-state index contributed by atoms with van der Waals surface area (Å²) in [6.45, 7) is 10.0. The quantitative estimate of drug-likeness (QED) is 0.339. The van der Waals surface area contributed by atoms with Gasteiger partial charge in [-0.25, -0.2) is 19.0 Å². The third kappa shape index (κ3) is 6.75. The summed E-state index contributed by atoms with van der Waals surface area (Å²) >= 11 is 0. The predicted octanol–water partition coefficient (Wildman–Crippen LogP) is 4.05. The second-order valence-corrected chi connectivity index (χ2v) is 8.29. The molecule has 3 N–H and O–H groups in total. The van der Waals surface area contributed by atoms with Gasteiger partial charge in [0.15, 0.2) is 5.69 Å². The maximum Gasteiger partial charge on any atom is 0.326 e. The maximum absolute atomic E-state index is 14.2. The van der Waals surface area contributed by atoms with Crippen molar-refractivity contribution in [3.8, 4) is 0 Å². The lowest BCUT2D eigenvalue weighted by Crippen LogP contribution is -2.42. The van der Waals surface area contributed by atoms with Gasteiger partial charge >= 0.3 is 5.97 Å². The molecule has 1 atom stereocenters. The first-order valence-electron chi connectivity index (χ1n) is 11.4. The highest BCUT2D eigenvalue weighted by atomic mass is 19.1. The number of anilines is 1. The zero-order valence-corrected chi connectivity index (χ0v) is 19.2. The largest absolute Gasteiger partial charge is 0.480 e. The van der Waals surface area contributed by atoms with Crippen LogP contribution in [0.4, 0.5) is 15.9 Å². The van der Waals surface area contributed by atoms with Crippen LogP contribution in [0.5, 0.6) is 0 Å². The molecule has 3 rings (SSSR count). The summed E-state index contributed by atoms with van der Waals surface area (Å²) in [5.74, 6) is -1.92. The third-order valence-corrected chi connectivity index (χ3v) is 5.71. The van der Waals surface area contributed by atoms with Gasteiger partial charge in [0.1, 0.15) is 17.7 Å². The number of carboxylic acids is 1. The summed E-state index contributed by atoms with van der Waals surface area (Å²) in [6, 6.07) is 5.34. The van der Waals surface area contributed by atoms with E-state index in [9.17, 15) is 19.1 Å². The number of pyridine rings is 1. The van der Waals surface area contributed by atoms with E-state index in [0.717, 1.165) is 56.2 Å². The molecule has 0 spiro atoms. The first kappa shape index (κ1) is 25.1. The number of nitrogens with zero attached hydrogens (tertiary/aromatic N) is 2. The minimum absolute atomic E-state index is 0.0555. The van der Waals surface area contributed by atoms with Crippen LogP contribution >= 0.6 is 0 Å². The topological polar surface area (TPSA) is 105 Å². The van der Waals surface area contributed by atoms with Crippen LogP contribution in [0.3, 0.4) is 0 Å². The number of aliphatic carboxylic acids is 1. The number of benzene rings is 1. The van der Waals surface area contributed by atoms with Crippen LogP contribution in [-0.4, -0.2) is 47.8 Å². The number of aryl methyl sites for hydroxylation is 3. The average Bonchev–Trinajstić information content (AvgIpc) is 2.81. The summed E-state index contributed by atoms with van der Waals surface area (Å²) in [7, 11) is 0. The van der Waals surface area contributed by atoms with Gasteiger partial charge in [-0.3, -0.25) is 4.79 Å². The highest BCUT2D eigenvalue weighted by molar-refractivity contribution is 5.98. The Hall–Kier alpha value is -3.51. The second-order valence-electron chi connectivity index (χ2n) is 8.29. The molecule has 0 fully saturated rings. The van der Waals surface area contributed by atoms with Crippen LogP contribution in [0.1, 0.15) is 52.9 Å². The van der Waals surface area contributed by atoms with Gasteiger partial charge < -0.3 is 20.5 Å². The van der Waals surface area contributed by atoms with Crippen molar-refractivity contribution in [1.82, 2.24) is 10.3 Å². The first-order chi connectivity index (χ1) is 16.4. The normalized spacial score (nSPS) is 13.3. The van der Waals surface area contributed by atoms with E-state index in [4.69, 9.17) is 11.3 Å². The van der Waals surface area contributed by atoms with Crippen LogP contribution in [-0.2, 0) is 22.4 Å². The van der Waals surface area contributed by atoms with Gasteiger partial charge in [-0.15, -0.1) is 0 Å². The van der Waals surface area contributed by atoms with E-state index in [0.29, 0.717) is 6.61 Å². The average molecular weight is 469 g/mol. The Balaban J connectivity index is 1.39. The van der Waals surface area contributed by atoms with E-state index >= 15 is 0 Å². The van der Waals surface area contributed by atoms with E-state index in [1.165, 1.54) is 18.6 Å². The standard InChI is InChI=1S/C25H29FN4O4/c1-16-14-19(27-2)15-20(26)22(16)24(31)30-21(25(32)33)10-13-34-12-4-3-7-18-9-8-17-6-5-11-28-23(17)29-18/h8-9,14-15,21H,3-7,10-13H2,1H3,(H,28,29)(H,30,31)(H,32,33)/t21-/m1/s1. The molecule has 0 unspecified atom stereocenters. The molecular formula is C25H29FN4O4. The lowest BCUT2D eigenvalue weighted by atomic mass is 10.1. The van der Waals surface area contributed by atoms with Crippen LogP contribution in [0, 0.1) is 19.3 Å². The lowest BCUT2D eigenvalue weighted by Gasteiger charge is -2.17. The Morgan fingerprint density at radius 2 is 2.15 bits per heavy atom. The second kappa shape index (κ2) is 12.1. The number of carboxylic acid groups (broad SMARTS) is 1. The number of fused-ring (bicyclic) bond motifs is 1. The van der Waals surface area contributed by atoms with Crippen molar-refractivity contribution in [1.29, 1.82) is 0 Å². The van der Waals surface area contributed by atoms with Crippen molar-refractivity contribution in [3.63, 3.8) is 0 Å². The van der Waals surface area contributed by atoms with Gasteiger partial charge in [-0.2, -0.15) is 0 Å². The van der Waals surface area contributed by atoms with Crippen LogP contribution in [0.2, 0.25) is 0 Å². The number of halogens is 1. The zero-order valence-electron chi connectivity index (χ0n) is 19.2. The van der Waals surface area contributed by atoms with Crippen molar-refractivity contribution in [2.24, 2.45) is 0 Å². The number of nitrogens with one attached hydrogen (secondary N) is 2. The number of carbonyl (C=O) groups excluding carboxylic acids is 1. The van der Waals surface area contributed by atoms with Gasteiger partial charge in [0.05, 0.1) is 12.1 Å². The molecule has 1 amide bonds. The fraction of sp³-hybridized carbons (Fsp3) is 0.440. The highest BCUT2D eigenvalue weighted by Gasteiger charge is 2.23. The van der Waals surface area contributed by atoms with Gasteiger partial charge in [0, 0.05) is 31.9 Å². The summed E-state index contributed by atoms with van der Waals surface area (Å²) < 4.78 is 19.8. The number of rotatable bonds is 11. The zero-order chi connectivity index (χ0) is 24.5. The minimum atomic E-state index is -1.22. The summed E-state index contributed by atoms with van der Waals surface area (Å²) in [5, 5.41) is 15.1. The van der Waals surface area contributed by atoms with Gasteiger partial charge in [0.25, 0.3) is 5.91 Å². The van der Waals surface area contributed by atoms with Crippen molar-refractivity contribution < 1.29 is 23.8 Å². The summed E-state index contributed by atoms with van der Waals surface area (Å²) in [6.07, 6.45) is 4.77. The molecule has 2 heterocycles. The van der Waals surface area contributed by atoms with Crippen LogP contribution in [0.25, 0.3) is 4.85 Å². The minimum Gasteiger partial charge on any atom is -0.480 e. The monoisotopic (exact) mass is 468 g/mol. The van der Waals surface area contributed by atoms with E-state index in [2.05, 4.69) is 32.6 Å². The number of aromatic nitrogens is 1. The molecule has 0 bridgehead atoms. The van der Waals surface area contributed by atoms with E-state index < -0.39 is 23.7 Å². The smallest absolute Gasteiger partial charge is 0.326 e. The van der Waals surface area contributed by atoms with Crippen LogP contribution in [0.15, 0.2) is 24.3 Å². The predicted molar refractivity (Wildman–Crippen MR) is 126 cm³/mol. The molecule has 1 aliphatic heterocycles. The Morgan fingerprint density at radius 3 is 2.88 bits per heavy atom. The Kier molecular flexibility index (Phi) is 8.93. The van der Waals surface area contributed by atoms with Gasteiger partial charge in [-0.1, -0.05) is 12.1 Å². The third-order valence-electron chi connectivity index (χ3n) is 5.71. The van der Waals surface area contributed by atoms with Crippen molar-refractivity contribution in [2.45, 2.75) is 51.5 Å². The molecule has 9 heteroatoms. The molecular weight excluding hydrogens is 439 g/mol. The Morgan fingerprint density at radius 1 is 1.32 bits per heavy atom. The Labute approximate surface area is 198 Å². The van der Waals surface area contributed by atoms with Crippen molar-refractivity contribution in [2.75, 3.05) is 25.1 Å². The molecule has 0 saturated carbocycles. The number of carbonyl (C=O) groups is 2. The van der Waals surface area contributed by atoms with Crippen LogP contribution < -0.4 is 10.6 Å². The number of unbranched alkanes of at least 4 members (excludes halogenated alkanes) is 1. The molecule has 1 aromatic carbocycles. The highest BCUT2D eigenvalue weighted by Crippen LogP contribution is 2.22. The Bertz CT molecular complexity index is 1060. The molecule has 2 aromatic rings. The number of hydrogen-bond donors (Lipinski definition) is 3. The SMILES string of the molecule is [C-]#[N+]c1cc(C)c(C(=O)N[C@H](CCOCCCCc2ccc3c(n2)NCCC3)C(=O)O)c(F)c1. The lowest BCUT2D eigenvalue weighted by molar-refractivity contribution is -0.139. The summed E-state index contributed by atoms with van der Waals surface area (Å²) in [4.78, 5) is 31.8. The molecule has 1 aliphatic rings. The number of ether oxygens (including phenoxy) is 1. The number of hydrogen-bond acceptors (Lipinski definition) is 5. The molecule has 8 nitrogen and oxygen atoms in total. The van der Waals surface area contributed by atoms with Gasteiger partial charge in [-0.05, 0) is 62.3 Å². The molecule has 180 valence electrons. The van der Waals surface area contributed by atoms with E-state index in [1.54, 1.807) is 0 Å². The molecule has 0 aliphatic carbocycles. The summed E-state index contributed by atoms with van der Waals surface area (Å²) in [5.41, 5.74) is 2.39. The van der Waals surface area contributed by atoms with Crippen molar-refractivity contribution >= 4 is 23.4 Å². The first-order valence-corrected chi connectivity index (χ1v) is 11.4.